The molecule has 0 aliphatic carbocycles. The van der Waals surface area contributed by atoms with E-state index in [1.54, 1.807) is 30.3 Å². The lowest BCUT2D eigenvalue weighted by atomic mass is 10.2. The van der Waals surface area contributed by atoms with Crippen LogP contribution in [0.4, 0.5) is 10.1 Å². The van der Waals surface area contributed by atoms with Crippen molar-refractivity contribution in [2.45, 2.75) is 6.54 Å². The number of anilines is 1. The molecule has 3 aromatic carbocycles. The standard InChI is InChI=1S/C21H16FN5O2/c22-16-12-10-15(11-13-16)21-24-26-27(25-21)14-20(28)23-18-8-4-5-9-19(18)29-17-6-2-1-3-7-17/h1-13H,14H2,(H,23,28). The van der Waals surface area contributed by atoms with E-state index in [0.717, 1.165) is 0 Å². The van der Waals surface area contributed by atoms with Crippen LogP contribution in [0.5, 0.6) is 11.5 Å². The predicted octanol–water partition coefficient (Wildman–Crippen LogP) is 3.91. The zero-order valence-corrected chi connectivity index (χ0v) is 15.2. The number of halogens is 1. The largest absolute Gasteiger partial charge is 0.455 e. The second-order valence-electron chi connectivity index (χ2n) is 6.11. The van der Waals surface area contributed by atoms with Gasteiger partial charge in [0.15, 0.2) is 5.75 Å². The van der Waals surface area contributed by atoms with E-state index in [9.17, 15) is 9.18 Å². The first-order valence-corrected chi connectivity index (χ1v) is 8.83. The molecule has 8 heteroatoms. The minimum atomic E-state index is -0.350. The fourth-order valence-electron chi connectivity index (χ4n) is 2.62. The molecule has 0 unspecified atom stereocenters. The van der Waals surface area contributed by atoms with Gasteiger partial charge in [0, 0.05) is 5.56 Å². The molecular weight excluding hydrogens is 373 g/mol. The van der Waals surface area contributed by atoms with Crippen LogP contribution in [0.2, 0.25) is 0 Å². The first-order valence-electron chi connectivity index (χ1n) is 8.83. The molecule has 29 heavy (non-hydrogen) atoms. The number of nitrogens with zero attached hydrogens (tertiary/aromatic N) is 4. The molecule has 0 fully saturated rings. The van der Waals surface area contributed by atoms with Crippen molar-refractivity contribution in [3.05, 3.63) is 84.7 Å². The normalized spacial score (nSPS) is 10.5. The Balaban J connectivity index is 1.43. The monoisotopic (exact) mass is 389 g/mol. The van der Waals surface area contributed by atoms with E-state index >= 15 is 0 Å². The molecule has 1 aromatic heterocycles. The molecule has 0 aliphatic rings. The maximum absolute atomic E-state index is 13.0. The summed E-state index contributed by atoms with van der Waals surface area (Å²) in [4.78, 5) is 13.6. The Labute approximate surface area is 165 Å². The topological polar surface area (TPSA) is 81.9 Å². The van der Waals surface area contributed by atoms with Crippen molar-refractivity contribution in [3.63, 3.8) is 0 Å². The van der Waals surface area contributed by atoms with Crippen LogP contribution < -0.4 is 10.1 Å². The molecule has 0 atom stereocenters. The zero-order chi connectivity index (χ0) is 20.1. The van der Waals surface area contributed by atoms with E-state index in [1.165, 1.54) is 16.9 Å². The molecular formula is C21H16FN5O2. The smallest absolute Gasteiger partial charge is 0.248 e. The number of tetrazole rings is 1. The van der Waals surface area contributed by atoms with E-state index in [2.05, 4.69) is 20.7 Å². The number of para-hydroxylation sites is 3. The lowest BCUT2D eigenvalue weighted by Gasteiger charge is -2.11. The van der Waals surface area contributed by atoms with Crippen LogP contribution in [0.3, 0.4) is 0 Å². The van der Waals surface area contributed by atoms with Gasteiger partial charge in [-0.1, -0.05) is 30.3 Å². The highest BCUT2D eigenvalue weighted by Crippen LogP contribution is 2.29. The van der Waals surface area contributed by atoms with E-state index in [-0.39, 0.29) is 18.3 Å². The summed E-state index contributed by atoms with van der Waals surface area (Å²) in [6.07, 6.45) is 0. The molecule has 0 saturated carbocycles. The quantitative estimate of drug-likeness (QED) is 0.541. The minimum absolute atomic E-state index is 0.131. The summed E-state index contributed by atoms with van der Waals surface area (Å²) >= 11 is 0. The van der Waals surface area contributed by atoms with Crippen molar-refractivity contribution in [2.75, 3.05) is 5.32 Å². The second-order valence-corrected chi connectivity index (χ2v) is 6.11. The third kappa shape index (κ3) is 4.62. The van der Waals surface area contributed by atoms with Crippen molar-refractivity contribution < 1.29 is 13.9 Å². The summed E-state index contributed by atoms with van der Waals surface area (Å²) in [5.41, 5.74) is 1.14. The van der Waals surface area contributed by atoms with Crippen LogP contribution in [-0.2, 0) is 11.3 Å². The second kappa shape index (κ2) is 8.30. The Morgan fingerprint density at radius 3 is 2.48 bits per heavy atom. The fraction of sp³-hybridized carbons (Fsp3) is 0.0476. The molecule has 1 N–H and O–H groups in total. The van der Waals surface area contributed by atoms with Crippen LogP contribution in [0.1, 0.15) is 0 Å². The van der Waals surface area contributed by atoms with Gasteiger partial charge in [0.25, 0.3) is 0 Å². The van der Waals surface area contributed by atoms with Crippen LogP contribution in [0.15, 0.2) is 78.9 Å². The predicted molar refractivity (Wildman–Crippen MR) is 105 cm³/mol. The van der Waals surface area contributed by atoms with Crippen LogP contribution in [-0.4, -0.2) is 26.1 Å². The summed E-state index contributed by atoms with van der Waals surface area (Å²) < 4.78 is 18.9. The molecule has 0 radical (unpaired) electrons. The number of amides is 1. The van der Waals surface area contributed by atoms with Gasteiger partial charge in [0.1, 0.15) is 18.1 Å². The molecule has 0 spiro atoms. The van der Waals surface area contributed by atoms with Crippen molar-refractivity contribution >= 4 is 11.6 Å². The van der Waals surface area contributed by atoms with Crippen LogP contribution in [0.25, 0.3) is 11.4 Å². The Hall–Kier alpha value is -4.07. The first kappa shape index (κ1) is 18.3. The van der Waals surface area contributed by atoms with Crippen molar-refractivity contribution in [2.24, 2.45) is 0 Å². The zero-order valence-electron chi connectivity index (χ0n) is 15.2. The van der Waals surface area contributed by atoms with Crippen LogP contribution >= 0.6 is 0 Å². The summed E-state index contributed by atoms with van der Waals surface area (Å²) in [5.74, 6) is 0.807. The van der Waals surface area contributed by atoms with Gasteiger partial charge in [0.2, 0.25) is 11.7 Å². The molecule has 4 aromatic rings. The van der Waals surface area contributed by atoms with Gasteiger partial charge in [-0.3, -0.25) is 4.79 Å². The van der Waals surface area contributed by atoms with Gasteiger partial charge in [0.05, 0.1) is 5.69 Å². The Bertz CT molecular complexity index is 1110. The molecule has 0 bridgehead atoms. The third-order valence-electron chi connectivity index (χ3n) is 3.97. The highest BCUT2D eigenvalue weighted by molar-refractivity contribution is 5.92. The average Bonchev–Trinajstić information content (AvgIpc) is 3.19. The maximum atomic E-state index is 13.0. The van der Waals surface area contributed by atoms with E-state index in [0.29, 0.717) is 28.6 Å². The van der Waals surface area contributed by atoms with Gasteiger partial charge in [-0.2, -0.15) is 4.80 Å². The summed E-state index contributed by atoms with van der Waals surface area (Å²) in [7, 11) is 0. The molecule has 4 rings (SSSR count). The van der Waals surface area contributed by atoms with Crippen molar-refractivity contribution in [3.8, 4) is 22.9 Å². The minimum Gasteiger partial charge on any atom is -0.455 e. The Morgan fingerprint density at radius 2 is 1.69 bits per heavy atom. The molecule has 1 amide bonds. The highest BCUT2D eigenvalue weighted by Gasteiger charge is 2.12. The van der Waals surface area contributed by atoms with Gasteiger partial charge in [-0.05, 0) is 53.7 Å². The van der Waals surface area contributed by atoms with Gasteiger partial charge in [-0.25, -0.2) is 4.39 Å². The number of rotatable bonds is 6. The van der Waals surface area contributed by atoms with Crippen molar-refractivity contribution in [1.29, 1.82) is 0 Å². The number of aromatic nitrogens is 4. The van der Waals surface area contributed by atoms with Crippen molar-refractivity contribution in [1.82, 2.24) is 20.2 Å². The number of carbonyl (C=O) groups excluding carboxylic acids is 1. The first-order chi connectivity index (χ1) is 14.2. The lowest BCUT2D eigenvalue weighted by molar-refractivity contribution is -0.117. The van der Waals surface area contributed by atoms with Gasteiger partial charge < -0.3 is 10.1 Å². The summed E-state index contributed by atoms with van der Waals surface area (Å²) in [6, 6.07) is 22.1. The summed E-state index contributed by atoms with van der Waals surface area (Å²) in [5, 5.41) is 14.7. The molecule has 7 nitrogen and oxygen atoms in total. The lowest BCUT2D eigenvalue weighted by Crippen LogP contribution is -2.20. The van der Waals surface area contributed by atoms with Crippen LogP contribution in [0, 0.1) is 5.82 Å². The average molecular weight is 389 g/mol. The summed E-state index contributed by atoms with van der Waals surface area (Å²) in [6.45, 7) is -0.131. The van der Waals surface area contributed by atoms with Gasteiger partial charge >= 0.3 is 0 Å². The Kier molecular flexibility index (Phi) is 5.24. The molecule has 0 aliphatic heterocycles. The fourth-order valence-corrected chi connectivity index (χ4v) is 2.62. The SMILES string of the molecule is O=C(Cn1nnc(-c2ccc(F)cc2)n1)Nc1ccccc1Oc1ccccc1. The number of benzene rings is 3. The maximum Gasteiger partial charge on any atom is 0.248 e. The van der Waals surface area contributed by atoms with E-state index in [1.807, 2.05) is 36.4 Å². The molecule has 1 heterocycles. The Morgan fingerprint density at radius 1 is 0.966 bits per heavy atom. The number of hydrogen-bond donors (Lipinski definition) is 1. The van der Waals surface area contributed by atoms with Gasteiger partial charge in [-0.15, -0.1) is 10.2 Å². The highest BCUT2D eigenvalue weighted by atomic mass is 19.1. The number of carbonyl (C=O) groups is 1. The molecule has 144 valence electrons. The van der Waals surface area contributed by atoms with E-state index in [4.69, 9.17) is 4.74 Å². The number of ether oxygens (including phenoxy) is 1. The third-order valence-corrected chi connectivity index (χ3v) is 3.97. The molecule has 0 saturated heterocycles. The number of hydrogen-bond acceptors (Lipinski definition) is 5. The van der Waals surface area contributed by atoms with E-state index < -0.39 is 0 Å². The number of nitrogens with one attached hydrogen (secondary N) is 1.